The minimum absolute atomic E-state index is 0. The van der Waals surface area contributed by atoms with E-state index in [4.69, 9.17) is 4.74 Å². The van der Waals surface area contributed by atoms with Gasteiger partial charge in [-0.1, -0.05) is 12.1 Å². The van der Waals surface area contributed by atoms with E-state index in [1.54, 1.807) is 0 Å². The van der Waals surface area contributed by atoms with Crippen molar-refractivity contribution in [2.24, 2.45) is 5.92 Å². The standard InChI is InChI=1S/C16H24N2O3.ClH/c1-12-3-2-4-15(7-12)21-11-14(19)9-18-16(20)10-17-8-13-5-6-13;/h2-4,7,13-14,17,19H,5-6,8-11H2,1H3,(H,18,20);1H. The zero-order valence-corrected chi connectivity index (χ0v) is 13.7. The average molecular weight is 329 g/mol. The minimum atomic E-state index is -0.710. The number of benzene rings is 1. The molecule has 0 radical (unpaired) electrons. The van der Waals surface area contributed by atoms with Gasteiger partial charge >= 0.3 is 0 Å². The number of rotatable bonds is 9. The monoisotopic (exact) mass is 328 g/mol. The lowest BCUT2D eigenvalue weighted by molar-refractivity contribution is -0.120. The topological polar surface area (TPSA) is 70.6 Å². The van der Waals surface area contributed by atoms with E-state index in [1.807, 2.05) is 31.2 Å². The smallest absolute Gasteiger partial charge is 0.234 e. The van der Waals surface area contributed by atoms with Crippen molar-refractivity contribution in [2.45, 2.75) is 25.9 Å². The van der Waals surface area contributed by atoms with Crippen molar-refractivity contribution in [2.75, 3.05) is 26.2 Å². The van der Waals surface area contributed by atoms with E-state index in [1.165, 1.54) is 12.8 Å². The predicted molar refractivity (Wildman–Crippen MR) is 88.5 cm³/mol. The summed E-state index contributed by atoms with van der Waals surface area (Å²) in [7, 11) is 0. The Kier molecular flexibility index (Phi) is 8.24. The van der Waals surface area contributed by atoms with Crippen molar-refractivity contribution < 1.29 is 14.6 Å². The first-order valence-corrected chi connectivity index (χ1v) is 7.48. The van der Waals surface area contributed by atoms with Crippen molar-refractivity contribution >= 4 is 18.3 Å². The number of hydrogen-bond donors (Lipinski definition) is 3. The van der Waals surface area contributed by atoms with E-state index in [0.717, 1.165) is 23.8 Å². The van der Waals surface area contributed by atoms with Gasteiger partial charge in [0, 0.05) is 6.54 Å². The number of carbonyl (C=O) groups is 1. The van der Waals surface area contributed by atoms with Crippen LogP contribution in [0.15, 0.2) is 24.3 Å². The summed E-state index contributed by atoms with van der Waals surface area (Å²) in [6.45, 7) is 3.57. The number of nitrogens with one attached hydrogen (secondary N) is 2. The van der Waals surface area contributed by atoms with Gasteiger partial charge in [-0.15, -0.1) is 12.4 Å². The summed E-state index contributed by atoms with van der Waals surface area (Å²) in [5.74, 6) is 1.39. The second-order valence-electron chi connectivity index (χ2n) is 5.66. The van der Waals surface area contributed by atoms with Crippen LogP contribution in [0.25, 0.3) is 0 Å². The molecule has 1 unspecified atom stereocenters. The molecule has 0 saturated heterocycles. The molecule has 0 spiro atoms. The molecular weight excluding hydrogens is 304 g/mol. The largest absolute Gasteiger partial charge is 0.491 e. The highest BCUT2D eigenvalue weighted by Crippen LogP contribution is 2.27. The first-order valence-electron chi connectivity index (χ1n) is 7.48. The number of ether oxygens (including phenoxy) is 1. The van der Waals surface area contributed by atoms with Gasteiger partial charge in [0.25, 0.3) is 0 Å². The van der Waals surface area contributed by atoms with Crippen LogP contribution in [-0.4, -0.2) is 43.4 Å². The molecule has 1 aromatic rings. The molecule has 1 fully saturated rings. The Morgan fingerprint density at radius 2 is 2.23 bits per heavy atom. The third-order valence-corrected chi connectivity index (χ3v) is 3.38. The fourth-order valence-corrected chi connectivity index (χ4v) is 1.96. The first-order chi connectivity index (χ1) is 10.1. The second kappa shape index (κ2) is 9.66. The lowest BCUT2D eigenvalue weighted by Gasteiger charge is -2.13. The Morgan fingerprint density at radius 3 is 2.91 bits per heavy atom. The van der Waals surface area contributed by atoms with Crippen LogP contribution in [0.3, 0.4) is 0 Å². The molecule has 0 aliphatic heterocycles. The number of amides is 1. The first kappa shape index (κ1) is 18.7. The molecule has 1 aliphatic rings. The molecule has 1 saturated carbocycles. The molecule has 1 amide bonds. The van der Waals surface area contributed by atoms with E-state index in [2.05, 4.69) is 10.6 Å². The summed E-state index contributed by atoms with van der Waals surface area (Å²) < 4.78 is 5.48. The van der Waals surface area contributed by atoms with Crippen molar-refractivity contribution in [1.29, 1.82) is 0 Å². The fraction of sp³-hybridized carbons (Fsp3) is 0.562. The van der Waals surface area contributed by atoms with Gasteiger partial charge in [-0.2, -0.15) is 0 Å². The fourth-order valence-electron chi connectivity index (χ4n) is 1.96. The highest BCUT2D eigenvalue weighted by Gasteiger charge is 2.20. The minimum Gasteiger partial charge on any atom is -0.491 e. The quantitative estimate of drug-likeness (QED) is 0.638. The molecule has 0 heterocycles. The van der Waals surface area contributed by atoms with E-state index < -0.39 is 6.10 Å². The van der Waals surface area contributed by atoms with Crippen molar-refractivity contribution in [1.82, 2.24) is 10.6 Å². The van der Waals surface area contributed by atoms with Crippen LogP contribution in [0.4, 0.5) is 0 Å². The molecular formula is C16H25ClN2O3. The molecule has 1 aromatic carbocycles. The maximum Gasteiger partial charge on any atom is 0.234 e. The van der Waals surface area contributed by atoms with Crippen LogP contribution in [0, 0.1) is 12.8 Å². The van der Waals surface area contributed by atoms with Crippen LogP contribution >= 0.6 is 12.4 Å². The third-order valence-electron chi connectivity index (χ3n) is 3.38. The molecule has 0 aromatic heterocycles. The molecule has 1 atom stereocenters. The predicted octanol–water partition coefficient (Wildman–Crippen LogP) is 1.27. The van der Waals surface area contributed by atoms with E-state index >= 15 is 0 Å². The van der Waals surface area contributed by atoms with E-state index in [-0.39, 0.29) is 31.5 Å². The molecule has 22 heavy (non-hydrogen) atoms. The van der Waals surface area contributed by atoms with Gasteiger partial charge in [0.15, 0.2) is 0 Å². The molecule has 5 nitrogen and oxygen atoms in total. The molecule has 1 aliphatic carbocycles. The maximum absolute atomic E-state index is 11.5. The Hall–Kier alpha value is -1.30. The normalized spacial score (nSPS) is 14.8. The lowest BCUT2D eigenvalue weighted by atomic mass is 10.2. The Labute approximate surface area is 137 Å². The third kappa shape index (κ3) is 7.64. The van der Waals surface area contributed by atoms with Gasteiger partial charge in [0.1, 0.15) is 18.5 Å². The van der Waals surface area contributed by atoms with Gasteiger partial charge in [-0.25, -0.2) is 0 Å². The van der Waals surface area contributed by atoms with Crippen LogP contribution in [0.2, 0.25) is 0 Å². The Bertz CT molecular complexity index is 466. The number of hydrogen-bond acceptors (Lipinski definition) is 4. The van der Waals surface area contributed by atoms with Crippen LogP contribution < -0.4 is 15.4 Å². The van der Waals surface area contributed by atoms with Crippen LogP contribution in [0.1, 0.15) is 18.4 Å². The van der Waals surface area contributed by atoms with Gasteiger partial charge in [0.2, 0.25) is 5.91 Å². The molecule has 3 N–H and O–H groups in total. The summed E-state index contributed by atoms with van der Waals surface area (Å²) in [5, 5.41) is 15.6. The average Bonchev–Trinajstić information content (AvgIpc) is 3.27. The lowest BCUT2D eigenvalue weighted by Crippen LogP contribution is -2.40. The van der Waals surface area contributed by atoms with Crippen molar-refractivity contribution in [3.05, 3.63) is 29.8 Å². The molecule has 6 heteroatoms. The highest BCUT2D eigenvalue weighted by molar-refractivity contribution is 5.85. The van der Waals surface area contributed by atoms with E-state index in [0.29, 0.717) is 6.54 Å². The Morgan fingerprint density at radius 1 is 1.45 bits per heavy atom. The zero-order chi connectivity index (χ0) is 15.1. The number of halogens is 1. The van der Waals surface area contributed by atoms with Crippen LogP contribution in [-0.2, 0) is 4.79 Å². The summed E-state index contributed by atoms with van der Waals surface area (Å²) in [6.07, 6.45) is 1.82. The second-order valence-corrected chi connectivity index (χ2v) is 5.66. The van der Waals surface area contributed by atoms with Gasteiger partial charge in [0.05, 0.1) is 6.54 Å². The number of carbonyl (C=O) groups excluding carboxylic acids is 1. The van der Waals surface area contributed by atoms with Crippen molar-refractivity contribution in [3.8, 4) is 5.75 Å². The van der Waals surface area contributed by atoms with E-state index in [9.17, 15) is 9.90 Å². The summed E-state index contributed by atoms with van der Waals surface area (Å²) in [6, 6.07) is 7.65. The highest BCUT2D eigenvalue weighted by atomic mass is 35.5. The van der Waals surface area contributed by atoms with Gasteiger partial charge in [-0.3, -0.25) is 4.79 Å². The molecule has 124 valence electrons. The molecule has 0 bridgehead atoms. The zero-order valence-electron chi connectivity index (χ0n) is 12.9. The summed E-state index contributed by atoms with van der Waals surface area (Å²) in [5.41, 5.74) is 1.11. The SMILES string of the molecule is Cc1cccc(OCC(O)CNC(=O)CNCC2CC2)c1.Cl. The number of aliphatic hydroxyl groups is 1. The summed E-state index contributed by atoms with van der Waals surface area (Å²) >= 11 is 0. The molecule has 2 rings (SSSR count). The summed E-state index contributed by atoms with van der Waals surface area (Å²) in [4.78, 5) is 11.5. The van der Waals surface area contributed by atoms with Gasteiger partial charge < -0.3 is 20.5 Å². The Balaban J connectivity index is 0.00000242. The number of aryl methyl sites for hydroxylation is 1. The number of aliphatic hydroxyl groups excluding tert-OH is 1. The van der Waals surface area contributed by atoms with Crippen LogP contribution in [0.5, 0.6) is 5.75 Å². The van der Waals surface area contributed by atoms with Crippen molar-refractivity contribution in [3.63, 3.8) is 0 Å². The maximum atomic E-state index is 11.5. The van der Waals surface area contributed by atoms with Gasteiger partial charge in [-0.05, 0) is 49.9 Å².